The lowest BCUT2D eigenvalue weighted by Gasteiger charge is -2.20. The molecule has 1 aromatic rings. The van der Waals surface area contributed by atoms with Crippen LogP contribution in [-0.4, -0.2) is 23.3 Å². The zero-order valence-electron chi connectivity index (χ0n) is 10.0. The normalized spacial score (nSPS) is 20.9. The Labute approximate surface area is 106 Å². The Morgan fingerprint density at radius 1 is 1.39 bits per heavy atom. The van der Waals surface area contributed by atoms with Gasteiger partial charge >= 0.3 is 5.97 Å². The van der Waals surface area contributed by atoms with Crippen molar-refractivity contribution in [1.82, 2.24) is 0 Å². The number of hydrogen-bond donors (Lipinski definition) is 1. The molecule has 0 unspecified atom stereocenters. The van der Waals surface area contributed by atoms with Crippen LogP contribution in [0.2, 0.25) is 0 Å². The van der Waals surface area contributed by atoms with Crippen LogP contribution in [0.4, 0.5) is 0 Å². The highest BCUT2D eigenvalue weighted by molar-refractivity contribution is 5.82. The predicted molar refractivity (Wildman–Crippen MR) is 69.7 cm³/mol. The molecule has 1 aliphatic rings. The van der Waals surface area contributed by atoms with Gasteiger partial charge in [-0.15, -0.1) is 0 Å². The van der Waals surface area contributed by atoms with Crippen molar-refractivity contribution in [2.24, 2.45) is 0 Å². The van der Waals surface area contributed by atoms with Crippen molar-refractivity contribution in [2.45, 2.75) is 25.0 Å². The van der Waals surface area contributed by atoms with Gasteiger partial charge in [0.25, 0.3) is 0 Å². The first-order chi connectivity index (χ1) is 8.74. The number of carbonyl (C=O) groups is 1. The van der Waals surface area contributed by atoms with Gasteiger partial charge in [-0.2, -0.15) is 0 Å². The zero-order valence-corrected chi connectivity index (χ0v) is 10.0. The highest BCUT2D eigenvalue weighted by Crippen LogP contribution is 2.14. The van der Waals surface area contributed by atoms with Crippen LogP contribution < -0.4 is 0 Å². The molecule has 0 bridgehead atoms. The van der Waals surface area contributed by atoms with Gasteiger partial charge in [0.15, 0.2) is 0 Å². The van der Waals surface area contributed by atoms with Crippen LogP contribution in [0.1, 0.15) is 18.4 Å². The van der Waals surface area contributed by atoms with Crippen molar-refractivity contribution < 1.29 is 14.6 Å². The van der Waals surface area contributed by atoms with Gasteiger partial charge in [0, 0.05) is 18.9 Å². The second-order valence-corrected chi connectivity index (χ2v) is 4.27. The minimum atomic E-state index is -0.602. The summed E-state index contributed by atoms with van der Waals surface area (Å²) < 4.78 is 5.09. The van der Waals surface area contributed by atoms with Crippen molar-refractivity contribution >= 4 is 12.0 Å². The maximum Gasteiger partial charge on any atom is 0.330 e. The molecule has 0 fully saturated rings. The lowest BCUT2D eigenvalue weighted by Crippen LogP contribution is -2.24. The average molecular weight is 244 g/mol. The highest BCUT2D eigenvalue weighted by atomic mass is 16.5. The molecule has 3 heteroatoms. The van der Waals surface area contributed by atoms with E-state index in [0.29, 0.717) is 12.8 Å². The molecule has 1 N–H and O–H groups in total. The van der Waals surface area contributed by atoms with E-state index in [9.17, 15) is 9.90 Å². The minimum Gasteiger partial charge on any atom is -0.459 e. The quantitative estimate of drug-likeness (QED) is 0.827. The van der Waals surface area contributed by atoms with Crippen molar-refractivity contribution in [3.63, 3.8) is 0 Å². The number of cyclic esters (lactones) is 1. The largest absolute Gasteiger partial charge is 0.459 e. The van der Waals surface area contributed by atoms with E-state index in [0.717, 1.165) is 5.56 Å². The Morgan fingerprint density at radius 3 is 2.89 bits per heavy atom. The van der Waals surface area contributed by atoms with Crippen LogP contribution in [0.25, 0.3) is 6.08 Å². The number of aliphatic hydroxyl groups is 1. The Morgan fingerprint density at radius 2 is 2.17 bits per heavy atom. The molecule has 94 valence electrons. The summed E-state index contributed by atoms with van der Waals surface area (Å²) >= 11 is 0. The fourth-order valence-corrected chi connectivity index (χ4v) is 1.85. The fraction of sp³-hybridized carbons (Fsp3) is 0.267. The number of ether oxygens (including phenoxy) is 1. The molecule has 1 heterocycles. The van der Waals surface area contributed by atoms with Gasteiger partial charge in [0.2, 0.25) is 0 Å². The number of hydrogen-bond acceptors (Lipinski definition) is 3. The van der Waals surface area contributed by atoms with Gasteiger partial charge in [-0.1, -0.05) is 48.6 Å². The number of carbonyl (C=O) groups excluding carboxylic acids is 1. The Bertz CT molecular complexity index is 448. The molecule has 0 saturated carbocycles. The molecule has 0 spiro atoms. The molecule has 0 saturated heterocycles. The van der Waals surface area contributed by atoms with Gasteiger partial charge in [0.1, 0.15) is 6.10 Å². The van der Waals surface area contributed by atoms with Crippen LogP contribution in [0, 0.1) is 0 Å². The summed E-state index contributed by atoms with van der Waals surface area (Å²) in [7, 11) is 0. The summed E-state index contributed by atoms with van der Waals surface area (Å²) in [5.41, 5.74) is 1.04. The van der Waals surface area contributed by atoms with Crippen LogP contribution >= 0.6 is 0 Å². The van der Waals surface area contributed by atoms with E-state index in [2.05, 4.69) is 0 Å². The second kappa shape index (κ2) is 6.17. The third-order valence-corrected chi connectivity index (χ3v) is 2.75. The first-order valence-electron chi connectivity index (χ1n) is 6.02. The molecule has 0 amide bonds. The number of benzene rings is 1. The van der Waals surface area contributed by atoms with Gasteiger partial charge in [0.05, 0.1) is 6.10 Å². The van der Waals surface area contributed by atoms with Gasteiger partial charge in [-0.3, -0.25) is 0 Å². The maximum atomic E-state index is 11.0. The fourth-order valence-electron chi connectivity index (χ4n) is 1.85. The zero-order chi connectivity index (χ0) is 12.8. The Hall–Kier alpha value is -1.87. The van der Waals surface area contributed by atoms with Crippen LogP contribution in [0.15, 0.2) is 48.6 Å². The number of esters is 1. The molecule has 2 rings (SSSR count). The molecular formula is C15H16O3. The monoisotopic (exact) mass is 244 g/mol. The minimum absolute atomic E-state index is 0.224. The summed E-state index contributed by atoms with van der Waals surface area (Å²) in [6, 6.07) is 9.76. The molecule has 3 nitrogen and oxygen atoms in total. The molecule has 0 aromatic heterocycles. The van der Waals surface area contributed by atoms with Crippen LogP contribution in [0.5, 0.6) is 0 Å². The first kappa shape index (κ1) is 12.6. The predicted octanol–water partition coefficient (Wildman–Crippen LogP) is 2.32. The van der Waals surface area contributed by atoms with E-state index in [1.54, 1.807) is 12.2 Å². The van der Waals surface area contributed by atoms with Gasteiger partial charge in [-0.25, -0.2) is 4.79 Å². The van der Waals surface area contributed by atoms with Crippen molar-refractivity contribution in [3.05, 3.63) is 54.1 Å². The van der Waals surface area contributed by atoms with E-state index >= 15 is 0 Å². The second-order valence-electron chi connectivity index (χ2n) is 4.27. The molecule has 1 aromatic carbocycles. The summed E-state index contributed by atoms with van der Waals surface area (Å²) in [6.45, 7) is 0. The summed E-state index contributed by atoms with van der Waals surface area (Å²) in [5.74, 6) is -0.328. The Kier molecular flexibility index (Phi) is 4.31. The topological polar surface area (TPSA) is 46.5 Å². The Balaban J connectivity index is 1.85. The van der Waals surface area contributed by atoms with Crippen LogP contribution in [-0.2, 0) is 9.53 Å². The maximum absolute atomic E-state index is 11.0. The molecule has 18 heavy (non-hydrogen) atoms. The standard InChI is InChI=1S/C15H16O3/c16-13(10-9-12-5-2-1-3-6-12)11-14-7-4-8-15(17)18-14/h1-6,8-10,13-14,16H,7,11H2/b10-9+/t13-,14+/m1/s1. The highest BCUT2D eigenvalue weighted by Gasteiger charge is 2.18. The van der Waals surface area contributed by atoms with E-state index < -0.39 is 6.10 Å². The van der Waals surface area contributed by atoms with Crippen LogP contribution in [0.3, 0.4) is 0 Å². The summed E-state index contributed by atoms with van der Waals surface area (Å²) in [6.07, 6.45) is 7.06. The summed E-state index contributed by atoms with van der Waals surface area (Å²) in [4.78, 5) is 11.0. The average Bonchev–Trinajstić information content (AvgIpc) is 2.38. The summed E-state index contributed by atoms with van der Waals surface area (Å²) in [5, 5.41) is 9.85. The van der Waals surface area contributed by atoms with Gasteiger partial charge in [-0.05, 0) is 5.56 Å². The molecular weight excluding hydrogens is 228 g/mol. The smallest absolute Gasteiger partial charge is 0.330 e. The molecule has 1 aliphatic heterocycles. The first-order valence-corrected chi connectivity index (χ1v) is 6.02. The third kappa shape index (κ3) is 3.86. The number of aliphatic hydroxyl groups excluding tert-OH is 1. The van der Waals surface area contributed by atoms with E-state index in [1.165, 1.54) is 6.08 Å². The van der Waals surface area contributed by atoms with E-state index in [1.807, 2.05) is 36.4 Å². The number of rotatable bonds is 4. The lowest BCUT2D eigenvalue weighted by atomic mass is 10.1. The molecule has 0 aliphatic carbocycles. The van der Waals surface area contributed by atoms with Crippen molar-refractivity contribution in [2.75, 3.05) is 0 Å². The van der Waals surface area contributed by atoms with Crippen molar-refractivity contribution in [1.29, 1.82) is 0 Å². The van der Waals surface area contributed by atoms with Gasteiger partial charge < -0.3 is 9.84 Å². The molecule has 2 atom stereocenters. The van der Waals surface area contributed by atoms with E-state index in [4.69, 9.17) is 4.74 Å². The lowest BCUT2D eigenvalue weighted by molar-refractivity contribution is -0.145. The third-order valence-electron chi connectivity index (χ3n) is 2.75. The van der Waals surface area contributed by atoms with Crippen molar-refractivity contribution in [3.8, 4) is 0 Å². The van der Waals surface area contributed by atoms with E-state index in [-0.39, 0.29) is 12.1 Å². The molecule has 0 radical (unpaired) electrons. The SMILES string of the molecule is O=C1C=CC[C@@H](C[C@H](O)/C=C/c2ccccc2)O1.